The number of anilines is 1. The number of benzene rings is 3. The molecular weight excluding hydrogens is 464 g/mol. The predicted octanol–water partition coefficient (Wildman–Crippen LogP) is 4.98. The highest BCUT2D eigenvalue weighted by Crippen LogP contribution is 2.42. The van der Waals surface area contributed by atoms with Crippen LogP contribution in [-0.2, 0) is 9.59 Å². The molecule has 4 rings (SSSR count). The van der Waals surface area contributed by atoms with Crippen LogP contribution in [0.3, 0.4) is 0 Å². The van der Waals surface area contributed by atoms with Gasteiger partial charge in [-0.05, 0) is 23.8 Å². The van der Waals surface area contributed by atoms with E-state index in [1.54, 1.807) is 54.6 Å². The average Bonchev–Trinajstić information content (AvgIpc) is 3.05. The smallest absolute Gasteiger partial charge is 0.300 e. The Balaban J connectivity index is 1.95. The molecule has 154 valence electrons. The van der Waals surface area contributed by atoms with Gasteiger partial charge >= 0.3 is 0 Å². The molecular formula is C23H15BrN2O5. The zero-order valence-electron chi connectivity index (χ0n) is 15.9. The fourth-order valence-electron chi connectivity index (χ4n) is 3.57. The maximum Gasteiger partial charge on any atom is 0.300 e. The van der Waals surface area contributed by atoms with Gasteiger partial charge in [0.2, 0.25) is 0 Å². The molecule has 31 heavy (non-hydrogen) atoms. The first-order valence-electron chi connectivity index (χ1n) is 9.25. The van der Waals surface area contributed by atoms with Crippen molar-refractivity contribution >= 4 is 44.8 Å². The summed E-state index contributed by atoms with van der Waals surface area (Å²) in [6.07, 6.45) is 0. The molecule has 1 saturated heterocycles. The number of amides is 1. The molecule has 1 N–H and O–H groups in total. The Morgan fingerprint density at radius 3 is 2.29 bits per heavy atom. The van der Waals surface area contributed by atoms with Crippen LogP contribution in [0.15, 0.2) is 88.9 Å². The second-order valence-electron chi connectivity index (χ2n) is 6.86. The number of aliphatic hydroxyl groups is 1. The number of hydrogen-bond donors (Lipinski definition) is 1. The van der Waals surface area contributed by atoms with Gasteiger partial charge < -0.3 is 5.11 Å². The lowest BCUT2D eigenvalue weighted by molar-refractivity contribution is -0.384. The van der Waals surface area contributed by atoms with Crippen molar-refractivity contribution < 1.29 is 19.6 Å². The summed E-state index contributed by atoms with van der Waals surface area (Å²) in [5, 5.41) is 22.2. The van der Waals surface area contributed by atoms with E-state index in [1.165, 1.54) is 29.2 Å². The second-order valence-corrected chi connectivity index (χ2v) is 7.78. The first-order valence-corrected chi connectivity index (χ1v) is 10.0. The lowest BCUT2D eigenvalue weighted by atomic mass is 9.95. The predicted molar refractivity (Wildman–Crippen MR) is 118 cm³/mol. The van der Waals surface area contributed by atoms with Crippen LogP contribution in [0.25, 0.3) is 5.76 Å². The van der Waals surface area contributed by atoms with E-state index in [1.807, 2.05) is 0 Å². The Morgan fingerprint density at radius 1 is 0.968 bits per heavy atom. The van der Waals surface area contributed by atoms with Gasteiger partial charge in [-0.15, -0.1) is 0 Å². The minimum absolute atomic E-state index is 0.0787. The number of nitrogens with zero attached hydrogens (tertiary/aromatic N) is 2. The van der Waals surface area contributed by atoms with Crippen molar-refractivity contribution in [1.29, 1.82) is 0 Å². The molecule has 0 radical (unpaired) electrons. The van der Waals surface area contributed by atoms with E-state index >= 15 is 0 Å². The fourth-order valence-corrected chi connectivity index (χ4v) is 3.83. The highest BCUT2D eigenvalue weighted by molar-refractivity contribution is 9.10. The third-order valence-electron chi connectivity index (χ3n) is 5.00. The van der Waals surface area contributed by atoms with Gasteiger partial charge in [-0.1, -0.05) is 64.5 Å². The SMILES string of the molecule is O=C1C(=O)N(c2cccc([N+](=O)[O-])c2)C(c2ccc(Br)cc2)/C1=C(/O)c1ccccc1. The first-order chi connectivity index (χ1) is 14.9. The molecule has 1 unspecified atom stereocenters. The van der Waals surface area contributed by atoms with Crippen molar-refractivity contribution in [2.24, 2.45) is 0 Å². The van der Waals surface area contributed by atoms with Gasteiger partial charge in [0.15, 0.2) is 0 Å². The lowest BCUT2D eigenvalue weighted by Crippen LogP contribution is -2.29. The van der Waals surface area contributed by atoms with Gasteiger partial charge in [0.25, 0.3) is 17.4 Å². The van der Waals surface area contributed by atoms with Crippen molar-refractivity contribution in [1.82, 2.24) is 0 Å². The van der Waals surface area contributed by atoms with Crippen LogP contribution in [0.2, 0.25) is 0 Å². The molecule has 8 heteroatoms. The molecule has 1 fully saturated rings. The number of non-ortho nitro benzene ring substituents is 1. The summed E-state index contributed by atoms with van der Waals surface area (Å²) in [5.41, 5.74) is 0.867. The standard InChI is InChI=1S/C23H15BrN2O5/c24-16-11-9-14(10-12-16)20-19(21(27)15-5-2-1-3-6-15)22(28)23(29)25(20)17-7-4-8-18(13-17)26(30)31/h1-13,20,27H/b21-19-. The number of carbonyl (C=O) groups is 2. The molecule has 1 aliphatic rings. The molecule has 0 bridgehead atoms. The molecule has 0 spiro atoms. The molecule has 1 atom stereocenters. The first kappa shape index (κ1) is 20.5. The van der Waals surface area contributed by atoms with Crippen molar-refractivity contribution in [2.45, 2.75) is 6.04 Å². The van der Waals surface area contributed by atoms with Crippen molar-refractivity contribution in [3.8, 4) is 0 Å². The van der Waals surface area contributed by atoms with Crippen molar-refractivity contribution in [3.05, 3.63) is 110 Å². The van der Waals surface area contributed by atoms with Gasteiger partial charge in [-0.25, -0.2) is 0 Å². The fraction of sp³-hybridized carbons (Fsp3) is 0.0435. The van der Waals surface area contributed by atoms with Crippen LogP contribution >= 0.6 is 15.9 Å². The van der Waals surface area contributed by atoms with E-state index < -0.39 is 22.7 Å². The normalized spacial score (nSPS) is 17.7. The molecule has 0 saturated carbocycles. The number of rotatable bonds is 4. The van der Waals surface area contributed by atoms with Crippen LogP contribution in [-0.4, -0.2) is 21.7 Å². The third-order valence-corrected chi connectivity index (χ3v) is 5.52. The Hall–Kier alpha value is -3.78. The molecule has 1 aliphatic heterocycles. The van der Waals surface area contributed by atoms with Crippen LogP contribution in [0.1, 0.15) is 17.2 Å². The number of Topliss-reactive ketones (excluding diaryl/α,β-unsaturated/α-hetero) is 1. The highest BCUT2D eigenvalue weighted by atomic mass is 79.9. The number of nitro benzene ring substituents is 1. The molecule has 3 aromatic rings. The summed E-state index contributed by atoms with van der Waals surface area (Å²) in [6.45, 7) is 0. The quantitative estimate of drug-likeness (QED) is 0.187. The van der Waals surface area contributed by atoms with E-state index in [4.69, 9.17) is 0 Å². The van der Waals surface area contributed by atoms with Crippen molar-refractivity contribution in [2.75, 3.05) is 4.90 Å². The Labute approximate surface area is 185 Å². The van der Waals surface area contributed by atoms with Gasteiger partial charge in [0, 0.05) is 22.2 Å². The third kappa shape index (κ3) is 3.73. The maximum atomic E-state index is 13.0. The Morgan fingerprint density at radius 2 is 1.65 bits per heavy atom. The number of hydrogen-bond acceptors (Lipinski definition) is 5. The monoisotopic (exact) mass is 478 g/mol. The van der Waals surface area contributed by atoms with Crippen LogP contribution < -0.4 is 4.90 Å². The van der Waals surface area contributed by atoms with E-state index in [9.17, 15) is 24.8 Å². The number of nitro groups is 1. The summed E-state index contributed by atoms with van der Waals surface area (Å²) >= 11 is 3.36. The number of ketones is 1. The summed E-state index contributed by atoms with van der Waals surface area (Å²) in [5.74, 6) is -2.04. The molecule has 1 heterocycles. The van der Waals surface area contributed by atoms with Crippen LogP contribution in [0.5, 0.6) is 0 Å². The summed E-state index contributed by atoms with van der Waals surface area (Å²) in [7, 11) is 0. The highest BCUT2D eigenvalue weighted by Gasteiger charge is 2.47. The zero-order chi connectivity index (χ0) is 22.1. The zero-order valence-corrected chi connectivity index (χ0v) is 17.5. The second kappa shape index (κ2) is 8.16. The average molecular weight is 479 g/mol. The summed E-state index contributed by atoms with van der Waals surface area (Å²) in [4.78, 5) is 37.9. The van der Waals surface area contributed by atoms with E-state index in [-0.39, 0.29) is 22.7 Å². The largest absolute Gasteiger partial charge is 0.507 e. The lowest BCUT2D eigenvalue weighted by Gasteiger charge is -2.25. The number of halogens is 1. The summed E-state index contributed by atoms with van der Waals surface area (Å²) < 4.78 is 0.798. The van der Waals surface area contributed by atoms with Gasteiger partial charge in [0.1, 0.15) is 5.76 Å². The van der Waals surface area contributed by atoms with E-state index in [2.05, 4.69) is 15.9 Å². The molecule has 0 aliphatic carbocycles. The number of carbonyl (C=O) groups excluding carboxylic acids is 2. The molecule has 7 nitrogen and oxygen atoms in total. The van der Waals surface area contributed by atoms with Crippen LogP contribution in [0.4, 0.5) is 11.4 Å². The van der Waals surface area contributed by atoms with E-state index in [0.29, 0.717) is 11.1 Å². The van der Waals surface area contributed by atoms with Gasteiger partial charge in [-0.3, -0.25) is 24.6 Å². The van der Waals surface area contributed by atoms with Crippen LogP contribution in [0, 0.1) is 10.1 Å². The molecule has 3 aromatic carbocycles. The van der Waals surface area contributed by atoms with E-state index in [0.717, 1.165) is 4.47 Å². The molecule has 0 aromatic heterocycles. The minimum atomic E-state index is -0.949. The van der Waals surface area contributed by atoms with Gasteiger partial charge in [0.05, 0.1) is 22.2 Å². The minimum Gasteiger partial charge on any atom is -0.507 e. The maximum absolute atomic E-state index is 13.0. The van der Waals surface area contributed by atoms with Crippen molar-refractivity contribution in [3.63, 3.8) is 0 Å². The summed E-state index contributed by atoms with van der Waals surface area (Å²) in [6, 6.07) is 20.0. The Kier molecular flexibility index (Phi) is 5.39. The van der Waals surface area contributed by atoms with Gasteiger partial charge in [-0.2, -0.15) is 0 Å². The Bertz CT molecular complexity index is 1220. The number of aliphatic hydroxyl groups excluding tert-OH is 1. The molecule has 1 amide bonds. The topological polar surface area (TPSA) is 101 Å².